The molecule has 2 N–H and O–H groups in total. The summed E-state index contributed by atoms with van der Waals surface area (Å²) in [5, 5.41) is 13.6. The summed E-state index contributed by atoms with van der Waals surface area (Å²) in [6, 6.07) is 18.4. The molecule has 3 rings (SSSR count). The number of ether oxygens (including phenoxy) is 1. The van der Waals surface area contributed by atoms with Crippen molar-refractivity contribution in [1.82, 2.24) is 0 Å². The SMILES string of the molecule is Cc1cc(OCC(=O)O)ccc1NC(=O)c1ccc2ccccc2c1. The summed E-state index contributed by atoms with van der Waals surface area (Å²) in [6.45, 7) is 1.42. The predicted molar refractivity (Wildman–Crippen MR) is 96.2 cm³/mol. The molecule has 0 saturated heterocycles. The molecular weight excluding hydrogens is 318 g/mol. The number of benzene rings is 3. The van der Waals surface area contributed by atoms with Crippen molar-refractivity contribution in [3.05, 3.63) is 71.8 Å². The van der Waals surface area contributed by atoms with E-state index >= 15 is 0 Å². The standard InChI is InChI=1S/C20H17NO4/c1-13-10-17(25-12-19(22)23)8-9-18(13)21-20(24)16-7-6-14-4-2-3-5-15(14)11-16/h2-11H,12H2,1H3,(H,21,24)(H,22,23). The molecule has 25 heavy (non-hydrogen) atoms. The molecule has 0 radical (unpaired) electrons. The molecule has 0 spiro atoms. The van der Waals surface area contributed by atoms with Crippen LogP contribution >= 0.6 is 0 Å². The summed E-state index contributed by atoms with van der Waals surface area (Å²) >= 11 is 0. The first-order chi connectivity index (χ1) is 12.0. The number of carboxylic acid groups (broad SMARTS) is 1. The smallest absolute Gasteiger partial charge is 0.341 e. The van der Waals surface area contributed by atoms with Crippen molar-refractivity contribution in [2.45, 2.75) is 6.92 Å². The van der Waals surface area contributed by atoms with Gasteiger partial charge in [0.05, 0.1) is 0 Å². The Morgan fingerprint density at radius 2 is 1.76 bits per heavy atom. The number of hydrogen-bond donors (Lipinski definition) is 2. The molecule has 0 bridgehead atoms. The lowest BCUT2D eigenvalue weighted by Gasteiger charge is -2.11. The van der Waals surface area contributed by atoms with Crippen molar-refractivity contribution in [3.8, 4) is 5.75 Å². The Bertz CT molecular complexity index is 949. The van der Waals surface area contributed by atoms with Crippen molar-refractivity contribution in [2.75, 3.05) is 11.9 Å². The van der Waals surface area contributed by atoms with Crippen molar-refractivity contribution in [3.63, 3.8) is 0 Å². The normalized spacial score (nSPS) is 10.4. The first kappa shape index (κ1) is 16.5. The molecule has 0 unspecified atom stereocenters. The molecule has 0 saturated carbocycles. The molecule has 3 aromatic rings. The molecule has 0 aliphatic carbocycles. The number of nitrogens with one attached hydrogen (secondary N) is 1. The summed E-state index contributed by atoms with van der Waals surface area (Å²) in [6.07, 6.45) is 0. The fraction of sp³-hybridized carbons (Fsp3) is 0.100. The van der Waals surface area contributed by atoms with Gasteiger partial charge >= 0.3 is 5.97 Å². The number of carbonyl (C=O) groups is 2. The van der Waals surface area contributed by atoms with Crippen molar-refractivity contribution in [1.29, 1.82) is 0 Å². The molecule has 1 amide bonds. The van der Waals surface area contributed by atoms with Crippen LogP contribution in [0.5, 0.6) is 5.75 Å². The van der Waals surface area contributed by atoms with Gasteiger partial charge in [0.15, 0.2) is 6.61 Å². The Hall–Kier alpha value is -3.34. The average molecular weight is 335 g/mol. The third-order valence-corrected chi connectivity index (χ3v) is 3.82. The van der Waals surface area contributed by atoms with E-state index in [1.807, 2.05) is 43.3 Å². The Balaban J connectivity index is 1.76. The molecule has 5 nitrogen and oxygen atoms in total. The second-order valence-corrected chi connectivity index (χ2v) is 5.68. The molecule has 3 aromatic carbocycles. The summed E-state index contributed by atoms with van der Waals surface area (Å²) in [5.74, 6) is -0.789. The van der Waals surface area contributed by atoms with Gasteiger partial charge < -0.3 is 15.2 Å². The van der Waals surface area contributed by atoms with Crippen LogP contribution in [0.2, 0.25) is 0 Å². The van der Waals surface area contributed by atoms with E-state index in [0.717, 1.165) is 16.3 Å². The number of aryl methyl sites for hydroxylation is 1. The minimum Gasteiger partial charge on any atom is -0.482 e. The zero-order valence-electron chi connectivity index (χ0n) is 13.7. The maximum atomic E-state index is 12.5. The van der Waals surface area contributed by atoms with Gasteiger partial charge in [-0.25, -0.2) is 4.79 Å². The van der Waals surface area contributed by atoms with E-state index < -0.39 is 12.6 Å². The highest BCUT2D eigenvalue weighted by molar-refractivity contribution is 6.06. The van der Waals surface area contributed by atoms with Crippen LogP contribution in [-0.4, -0.2) is 23.6 Å². The zero-order chi connectivity index (χ0) is 17.8. The number of amides is 1. The van der Waals surface area contributed by atoms with Gasteiger partial charge in [-0.05, 0) is 53.6 Å². The topological polar surface area (TPSA) is 75.6 Å². The molecule has 0 fully saturated rings. The largest absolute Gasteiger partial charge is 0.482 e. The van der Waals surface area contributed by atoms with E-state index in [1.54, 1.807) is 24.3 Å². The number of rotatable bonds is 5. The maximum Gasteiger partial charge on any atom is 0.341 e. The van der Waals surface area contributed by atoms with E-state index in [4.69, 9.17) is 9.84 Å². The lowest BCUT2D eigenvalue weighted by molar-refractivity contribution is -0.139. The minimum atomic E-state index is -1.04. The molecule has 0 heterocycles. The van der Waals surface area contributed by atoms with Gasteiger partial charge in [0.2, 0.25) is 0 Å². The predicted octanol–water partition coefficient (Wildman–Crippen LogP) is 3.86. The number of carboxylic acids is 1. The average Bonchev–Trinajstić information content (AvgIpc) is 2.61. The first-order valence-corrected chi connectivity index (χ1v) is 7.78. The lowest BCUT2D eigenvalue weighted by Crippen LogP contribution is -2.13. The summed E-state index contributed by atoms with van der Waals surface area (Å²) < 4.78 is 5.13. The van der Waals surface area contributed by atoms with E-state index in [-0.39, 0.29) is 5.91 Å². The van der Waals surface area contributed by atoms with Crippen molar-refractivity contribution in [2.24, 2.45) is 0 Å². The van der Waals surface area contributed by atoms with Gasteiger partial charge in [0, 0.05) is 11.3 Å². The van der Waals surface area contributed by atoms with Crippen LogP contribution in [0.1, 0.15) is 15.9 Å². The number of fused-ring (bicyclic) bond motifs is 1. The fourth-order valence-corrected chi connectivity index (χ4v) is 2.54. The van der Waals surface area contributed by atoms with Crippen LogP contribution in [0, 0.1) is 6.92 Å². The molecular formula is C20H17NO4. The summed E-state index contributed by atoms with van der Waals surface area (Å²) in [5.41, 5.74) is 2.02. The van der Waals surface area contributed by atoms with Crippen LogP contribution in [-0.2, 0) is 4.79 Å². The number of hydrogen-bond acceptors (Lipinski definition) is 3. The lowest BCUT2D eigenvalue weighted by atomic mass is 10.1. The van der Waals surface area contributed by atoms with Gasteiger partial charge in [-0.3, -0.25) is 4.79 Å². The van der Waals surface area contributed by atoms with Crippen molar-refractivity contribution >= 4 is 28.3 Å². The number of anilines is 1. The maximum absolute atomic E-state index is 12.5. The second kappa shape index (κ2) is 7.05. The summed E-state index contributed by atoms with van der Waals surface area (Å²) in [7, 11) is 0. The third-order valence-electron chi connectivity index (χ3n) is 3.82. The first-order valence-electron chi connectivity index (χ1n) is 7.78. The fourth-order valence-electron chi connectivity index (χ4n) is 2.54. The summed E-state index contributed by atoms with van der Waals surface area (Å²) in [4.78, 5) is 23.0. The molecule has 5 heteroatoms. The molecule has 0 atom stereocenters. The second-order valence-electron chi connectivity index (χ2n) is 5.68. The van der Waals surface area contributed by atoms with Crippen LogP contribution in [0.3, 0.4) is 0 Å². The van der Waals surface area contributed by atoms with Gasteiger partial charge in [0.25, 0.3) is 5.91 Å². The van der Waals surface area contributed by atoms with Gasteiger partial charge in [0.1, 0.15) is 5.75 Å². The Morgan fingerprint density at radius 1 is 1.00 bits per heavy atom. The van der Waals surface area contributed by atoms with Gasteiger partial charge in [-0.15, -0.1) is 0 Å². The molecule has 0 aliphatic rings. The highest BCUT2D eigenvalue weighted by Gasteiger charge is 2.09. The van der Waals surface area contributed by atoms with E-state index in [1.165, 1.54) is 0 Å². The van der Waals surface area contributed by atoms with Crippen LogP contribution < -0.4 is 10.1 Å². The van der Waals surface area contributed by atoms with Gasteiger partial charge in [-0.1, -0.05) is 30.3 Å². The van der Waals surface area contributed by atoms with Crippen molar-refractivity contribution < 1.29 is 19.4 Å². The van der Waals surface area contributed by atoms with E-state index in [9.17, 15) is 9.59 Å². The number of aliphatic carboxylic acids is 1. The van der Waals surface area contributed by atoms with E-state index in [0.29, 0.717) is 17.0 Å². The zero-order valence-corrected chi connectivity index (χ0v) is 13.7. The Labute approximate surface area is 144 Å². The Morgan fingerprint density at radius 3 is 2.48 bits per heavy atom. The van der Waals surface area contributed by atoms with E-state index in [2.05, 4.69) is 5.32 Å². The van der Waals surface area contributed by atoms with Gasteiger partial charge in [-0.2, -0.15) is 0 Å². The van der Waals surface area contributed by atoms with Crippen LogP contribution in [0.15, 0.2) is 60.7 Å². The molecule has 126 valence electrons. The Kier molecular flexibility index (Phi) is 4.66. The molecule has 0 aliphatic heterocycles. The monoisotopic (exact) mass is 335 g/mol. The molecule has 0 aromatic heterocycles. The van der Waals surface area contributed by atoms with Crippen LogP contribution in [0.25, 0.3) is 10.8 Å². The quantitative estimate of drug-likeness (QED) is 0.742. The number of carbonyl (C=O) groups excluding carboxylic acids is 1. The minimum absolute atomic E-state index is 0.201. The third kappa shape index (κ3) is 3.95. The highest BCUT2D eigenvalue weighted by Crippen LogP contribution is 2.23. The van der Waals surface area contributed by atoms with Crippen LogP contribution in [0.4, 0.5) is 5.69 Å². The highest BCUT2D eigenvalue weighted by atomic mass is 16.5.